The number of fused-ring (bicyclic) bond motifs is 1. The molecule has 0 saturated heterocycles. The molecule has 0 fully saturated rings. The average Bonchev–Trinajstić information content (AvgIpc) is 3.13. The van der Waals surface area contributed by atoms with Crippen molar-refractivity contribution < 1.29 is 24.0 Å². The third-order valence-corrected chi connectivity index (χ3v) is 5.82. The minimum Gasteiger partial charge on any atom is -0.494 e. The molecule has 9 nitrogen and oxygen atoms in total. The van der Waals surface area contributed by atoms with E-state index in [1.165, 1.54) is 16.7 Å². The molecular formula is C23H25N3O6S. The average molecular weight is 472 g/mol. The lowest BCUT2D eigenvalue weighted by molar-refractivity contribution is -0.384. The van der Waals surface area contributed by atoms with E-state index in [0.29, 0.717) is 28.1 Å². The van der Waals surface area contributed by atoms with Crippen LogP contribution in [-0.4, -0.2) is 34.6 Å². The van der Waals surface area contributed by atoms with Gasteiger partial charge in [0.2, 0.25) is 0 Å². The fourth-order valence-electron chi connectivity index (χ4n) is 3.16. The van der Waals surface area contributed by atoms with Crippen LogP contribution >= 0.6 is 11.3 Å². The SMILES string of the molecule is CCCCCOc1cccc(C(=O)N=c2sc3ccc([N+](=O)[O-])cc3n2CC(=O)OCC)c1. The highest BCUT2D eigenvalue weighted by Gasteiger charge is 2.16. The van der Waals surface area contributed by atoms with Crippen molar-refractivity contribution in [2.45, 2.75) is 39.7 Å². The van der Waals surface area contributed by atoms with E-state index in [1.807, 2.05) is 0 Å². The number of benzene rings is 2. The zero-order valence-corrected chi connectivity index (χ0v) is 19.3. The van der Waals surface area contributed by atoms with Crippen molar-refractivity contribution in [3.63, 3.8) is 0 Å². The van der Waals surface area contributed by atoms with Crippen LogP contribution in [0.15, 0.2) is 47.5 Å². The predicted molar refractivity (Wildman–Crippen MR) is 124 cm³/mol. The Hall–Kier alpha value is -3.53. The number of non-ortho nitro benzene ring substituents is 1. The maximum Gasteiger partial charge on any atom is 0.326 e. The molecule has 0 aliphatic rings. The number of hydrogen-bond acceptors (Lipinski definition) is 7. The Morgan fingerprint density at radius 2 is 1.97 bits per heavy atom. The molecule has 0 saturated carbocycles. The second-order valence-electron chi connectivity index (χ2n) is 7.19. The fraction of sp³-hybridized carbons (Fsp3) is 0.348. The number of nitro benzene ring substituents is 1. The van der Waals surface area contributed by atoms with Gasteiger partial charge in [-0.2, -0.15) is 4.99 Å². The highest BCUT2D eigenvalue weighted by atomic mass is 32.1. The first kappa shape index (κ1) is 24.1. The molecule has 0 bridgehead atoms. The number of carbonyl (C=O) groups is 2. The van der Waals surface area contributed by atoms with Gasteiger partial charge >= 0.3 is 5.97 Å². The molecule has 3 rings (SSSR count). The van der Waals surface area contributed by atoms with Gasteiger partial charge in [-0.3, -0.25) is 19.7 Å². The van der Waals surface area contributed by atoms with E-state index in [9.17, 15) is 19.7 Å². The number of ether oxygens (including phenoxy) is 2. The number of thiazole rings is 1. The third-order valence-electron chi connectivity index (χ3n) is 4.76. The third kappa shape index (κ3) is 6.26. The number of amides is 1. The highest BCUT2D eigenvalue weighted by Crippen LogP contribution is 2.23. The van der Waals surface area contributed by atoms with Crippen LogP contribution < -0.4 is 9.54 Å². The molecule has 0 aliphatic carbocycles. The highest BCUT2D eigenvalue weighted by molar-refractivity contribution is 7.16. The maximum absolute atomic E-state index is 12.9. The van der Waals surface area contributed by atoms with E-state index < -0.39 is 16.8 Å². The Balaban J connectivity index is 1.97. The summed E-state index contributed by atoms with van der Waals surface area (Å²) in [6.45, 7) is 4.34. The lowest BCUT2D eigenvalue weighted by Gasteiger charge is -2.07. The molecule has 0 atom stereocenters. The Bertz CT molecular complexity index is 1230. The summed E-state index contributed by atoms with van der Waals surface area (Å²) < 4.78 is 12.9. The van der Waals surface area contributed by atoms with Crippen LogP contribution in [0.1, 0.15) is 43.5 Å². The number of nitrogens with zero attached hydrogens (tertiary/aromatic N) is 3. The second-order valence-corrected chi connectivity index (χ2v) is 8.19. The summed E-state index contributed by atoms with van der Waals surface area (Å²) in [5.41, 5.74) is 0.652. The number of carbonyl (C=O) groups excluding carboxylic acids is 2. The normalized spacial score (nSPS) is 11.5. The molecule has 0 spiro atoms. The van der Waals surface area contributed by atoms with Crippen LogP contribution in [0.5, 0.6) is 5.75 Å². The number of rotatable bonds is 10. The fourth-order valence-corrected chi connectivity index (χ4v) is 4.17. The standard InChI is InChI=1S/C23H25N3O6S/c1-3-5-6-12-32-18-9-7-8-16(13-18)22(28)24-23-25(15-21(27)31-4-2)19-14-17(26(29)30)10-11-20(19)33-23/h7-11,13-14H,3-6,12,15H2,1-2H3. The maximum atomic E-state index is 12.9. The molecule has 1 amide bonds. The second kappa shape index (κ2) is 11.4. The van der Waals surface area contributed by atoms with E-state index in [1.54, 1.807) is 37.3 Å². The molecule has 174 valence electrons. The summed E-state index contributed by atoms with van der Waals surface area (Å²) in [4.78, 5) is 40.2. The van der Waals surface area contributed by atoms with Crippen molar-refractivity contribution in [1.82, 2.24) is 4.57 Å². The quantitative estimate of drug-likeness (QED) is 0.186. The van der Waals surface area contributed by atoms with Crippen molar-refractivity contribution in [2.75, 3.05) is 13.2 Å². The molecular weight excluding hydrogens is 446 g/mol. The predicted octanol–water partition coefficient (Wildman–Crippen LogP) is 4.48. The van der Waals surface area contributed by atoms with Gasteiger partial charge < -0.3 is 14.0 Å². The number of aromatic nitrogens is 1. The number of esters is 1. The first-order valence-electron chi connectivity index (χ1n) is 10.7. The summed E-state index contributed by atoms with van der Waals surface area (Å²) >= 11 is 1.16. The summed E-state index contributed by atoms with van der Waals surface area (Å²) in [5, 5.41) is 11.2. The summed E-state index contributed by atoms with van der Waals surface area (Å²) in [5.74, 6) is -0.453. The lowest BCUT2D eigenvalue weighted by Crippen LogP contribution is -2.23. The Morgan fingerprint density at radius 1 is 1.15 bits per heavy atom. The summed E-state index contributed by atoms with van der Waals surface area (Å²) in [6, 6.07) is 11.1. The molecule has 0 radical (unpaired) electrons. The van der Waals surface area contributed by atoms with Crippen LogP contribution in [0.2, 0.25) is 0 Å². The van der Waals surface area contributed by atoms with Crippen molar-refractivity contribution in [1.29, 1.82) is 0 Å². The van der Waals surface area contributed by atoms with E-state index in [-0.39, 0.29) is 23.6 Å². The molecule has 1 aromatic heterocycles. The molecule has 10 heteroatoms. The largest absolute Gasteiger partial charge is 0.494 e. The Morgan fingerprint density at radius 3 is 2.70 bits per heavy atom. The van der Waals surface area contributed by atoms with E-state index in [4.69, 9.17) is 9.47 Å². The van der Waals surface area contributed by atoms with Crippen LogP contribution in [0.3, 0.4) is 0 Å². The van der Waals surface area contributed by atoms with Gasteiger partial charge in [-0.15, -0.1) is 0 Å². The molecule has 0 N–H and O–H groups in total. The van der Waals surface area contributed by atoms with E-state index in [2.05, 4.69) is 11.9 Å². The van der Waals surface area contributed by atoms with Gasteiger partial charge in [0, 0.05) is 17.7 Å². The summed E-state index contributed by atoms with van der Waals surface area (Å²) in [7, 11) is 0. The first-order valence-corrected chi connectivity index (χ1v) is 11.5. The Kier molecular flexibility index (Phi) is 8.31. The number of nitro groups is 1. The summed E-state index contributed by atoms with van der Waals surface area (Å²) in [6.07, 6.45) is 3.09. The van der Waals surface area contributed by atoms with Gasteiger partial charge in [0.1, 0.15) is 12.3 Å². The van der Waals surface area contributed by atoms with Crippen LogP contribution in [-0.2, 0) is 16.1 Å². The van der Waals surface area contributed by atoms with Gasteiger partial charge in [-0.1, -0.05) is 37.2 Å². The van der Waals surface area contributed by atoms with Crippen molar-refractivity contribution in [3.8, 4) is 5.75 Å². The lowest BCUT2D eigenvalue weighted by atomic mass is 10.2. The number of hydrogen-bond donors (Lipinski definition) is 0. The van der Waals surface area contributed by atoms with Gasteiger partial charge in [0.15, 0.2) is 4.80 Å². The van der Waals surface area contributed by atoms with Crippen molar-refractivity contribution >= 4 is 39.1 Å². The first-order chi connectivity index (χ1) is 15.9. The molecule has 33 heavy (non-hydrogen) atoms. The number of unbranched alkanes of at least 4 members (excludes halogenated alkanes) is 2. The molecule has 0 unspecified atom stereocenters. The van der Waals surface area contributed by atoms with Gasteiger partial charge in [0.25, 0.3) is 11.6 Å². The molecule has 3 aromatic rings. The topological polar surface area (TPSA) is 113 Å². The minimum atomic E-state index is -0.528. The van der Waals surface area contributed by atoms with Crippen LogP contribution in [0, 0.1) is 10.1 Å². The van der Waals surface area contributed by atoms with Gasteiger partial charge in [0.05, 0.1) is 28.4 Å². The van der Waals surface area contributed by atoms with Crippen LogP contribution in [0.4, 0.5) is 5.69 Å². The minimum absolute atomic E-state index is 0.122. The zero-order valence-electron chi connectivity index (χ0n) is 18.5. The van der Waals surface area contributed by atoms with E-state index >= 15 is 0 Å². The zero-order chi connectivity index (χ0) is 23.8. The smallest absolute Gasteiger partial charge is 0.326 e. The van der Waals surface area contributed by atoms with Gasteiger partial charge in [-0.25, -0.2) is 0 Å². The Labute approximate surface area is 194 Å². The van der Waals surface area contributed by atoms with Gasteiger partial charge in [-0.05, 0) is 37.6 Å². The van der Waals surface area contributed by atoms with Crippen molar-refractivity contribution in [3.05, 3.63) is 62.9 Å². The monoisotopic (exact) mass is 471 g/mol. The molecule has 2 aromatic carbocycles. The van der Waals surface area contributed by atoms with E-state index in [0.717, 1.165) is 30.6 Å². The molecule has 1 heterocycles. The molecule has 0 aliphatic heterocycles. The van der Waals surface area contributed by atoms with Crippen LogP contribution in [0.25, 0.3) is 10.2 Å². The van der Waals surface area contributed by atoms with Crippen molar-refractivity contribution in [2.24, 2.45) is 4.99 Å².